The van der Waals surface area contributed by atoms with E-state index < -0.39 is 0 Å². The van der Waals surface area contributed by atoms with Crippen molar-refractivity contribution in [2.75, 3.05) is 11.9 Å². The van der Waals surface area contributed by atoms with Crippen LogP contribution in [-0.4, -0.2) is 16.5 Å². The Morgan fingerprint density at radius 2 is 2.20 bits per heavy atom. The molecule has 2 heterocycles. The molecule has 0 fully saturated rings. The highest BCUT2D eigenvalue weighted by Gasteiger charge is 2.20. The third-order valence-electron chi connectivity index (χ3n) is 3.09. The van der Waals surface area contributed by atoms with E-state index in [1.165, 1.54) is 17.7 Å². The predicted octanol–water partition coefficient (Wildman–Crippen LogP) is 4.11. The molecule has 3 nitrogen and oxygen atoms in total. The topological polar surface area (TPSA) is 37.8 Å². The van der Waals surface area contributed by atoms with E-state index in [0.717, 1.165) is 29.6 Å². The smallest absolute Gasteiger partial charge is 0.163 e. The lowest BCUT2D eigenvalue weighted by atomic mass is 10.1. The van der Waals surface area contributed by atoms with Crippen molar-refractivity contribution in [2.45, 2.75) is 18.4 Å². The van der Waals surface area contributed by atoms with Gasteiger partial charge in [0.2, 0.25) is 0 Å². The number of benzene rings is 1. The van der Waals surface area contributed by atoms with Gasteiger partial charge in [-0.3, -0.25) is 0 Å². The van der Waals surface area contributed by atoms with Crippen LogP contribution in [0.4, 0.5) is 10.2 Å². The Morgan fingerprint density at radius 1 is 1.35 bits per heavy atom. The van der Waals surface area contributed by atoms with Crippen LogP contribution < -0.4 is 5.32 Å². The Labute approximate surface area is 126 Å². The van der Waals surface area contributed by atoms with Crippen molar-refractivity contribution in [3.63, 3.8) is 0 Å². The molecule has 1 aromatic carbocycles. The van der Waals surface area contributed by atoms with Gasteiger partial charge in [-0.2, -0.15) is 11.8 Å². The number of hydrogen-bond acceptors (Lipinski definition) is 4. The van der Waals surface area contributed by atoms with E-state index in [9.17, 15) is 4.39 Å². The molecule has 0 bridgehead atoms. The Balaban J connectivity index is 2.12. The highest BCUT2D eigenvalue weighted by atomic mass is 35.5. The molecule has 1 N–H and O–H groups in total. The van der Waals surface area contributed by atoms with Crippen LogP contribution in [0, 0.1) is 5.82 Å². The molecular formula is C14H13ClFN3S. The van der Waals surface area contributed by atoms with Crippen molar-refractivity contribution < 1.29 is 4.39 Å². The van der Waals surface area contributed by atoms with Gasteiger partial charge in [0.1, 0.15) is 11.6 Å². The lowest BCUT2D eigenvalue weighted by Gasteiger charge is -2.11. The van der Waals surface area contributed by atoms with Crippen LogP contribution in [0.5, 0.6) is 0 Å². The van der Waals surface area contributed by atoms with Gasteiger partial charge in [-0.15, -0.1) is 0 Å². The quantitative estimate of drug-likeness (QED) is 0.925. The van der Waals surface area contributed by atoms with Gasteiger partial charge in [-0.05, 0) is 25.1 Å². The van der Waals surface area contributed by atoms with Crippen LogP contribution in [0.2, 0.25) is 5.02 Å². The zero-order chi connectivity index (χ0) is 14.1. The second kappa shape index (κ2) is 5.58. The number of nitrogens with zero attached hydrogens (tertiary/aromatic N) is 2. The molecule has 0 spiro atoms. The minimum absolute atomic E-state index is 0.332. The van der Waals surface area contributed by atoms with E-state index in [4.69, 9.17) is 11.6 Å². The second-order valence-electron chi connectivity index (χ2n) is 4.47. The highest BCUT2D eigenvalue weighted by molar-refractivity contribution is 7.98. The van der Waals surface area contributed by atoms with Crippen LogP contribution in [-0.2, 0) is 11.5 Å². The van der Waals surface area contributed by atoms with E-state index in [1.54, 1.807) is 6.07 Å². The molecule has 0 saturated carbocycles. The first-order valence-corrected chi connectivity index (χ1v) is 7.89. The minimum Gasteiger partial charge on any atom is -0.370 e. The van der Waals surface area contributed by atoms with Crippen LogP contribution in [0.25, 0.3) is 11.4 Å². The minimum atomic E-state index is -0.359. The largest absolute Gasteiger partial charge is 0.370 e. The van der Waals surface area contributed by atoms with Gasteiger partial charge in [0, 0.05) is 29.2 Å². The SMILES string of the molecule is CCNc1nc(-c2ccc(F)cc2Cl)nc2c1CSC2. The summed E-state index contributed by atoms with van der Waals surface area (Å²) in [5, 5.41) is 3.60. The van der Waals surface area contributed by atoms with Gasteiger partial charge in [-0.1, -0.05) is 11.6 Å². The summed E-state index contributed by atoms with van der Waals surface area (Å²) in [4.78, 5) is 9.13. The van der Waals surface area contributed by atoms with Crippen molar-refractivity contribution in [1.29, 1.82) is 0 Å². The predicted molar refractivity (Wildman–Crippen MR) is 81.6 cm³/mol. The first kappa shape index (κ1) is 13.6. The van der Waals surface area contributed by atoms with E-state index in [1.807, 2.05) is 18.7 Å². The van der Waals surface area contributed by atoms with Gasteiger partial charge in [0.05, 0.1) is 10.7 Å². The lowest BCUT2D eigenvalue weighted by Crippen LogP contribution is -2.06. The number of aromatic nitrogens is 2. The fourth-order valence-corrected chi connectivity index (χ4v) is 3.45. The molecule has 0 saturated heterocycles. The first-order valence-electron chi connectivity index (χ1n) is 6.36. The van der Waals surface area contributed by atoms with Crippen LogP contribution in [0.3, 0.4) is 0 Å². The third kappa shape index (κ3) is 2.47. The molecule has 1 aliphatic rings. The number of fused-ring (bicyclic) bond motifs is 1. The Bertz CT molecular complexity index is 663. The molecule has 20 heavy (non-hydrogen) atoms. The summed E-state index contributed by atoms with van der Waals surface area (Å²) in [6, 6.07) is 4.28. The summed E-state index contributed by atoms with van der Waals surface area (Å²) in [6.07, 6.45) is 0. The Hall–Kier alpha value is -1.33. The summed E-state index contributed by atoms with van der Waals surface area (Å²) in [7, 11) is 0. The van der Waals surface area contributed by atoms with Crippen LogP contribution in [0.15, 0.2) is 18.2 Å². The summed E-state index contributed by atoms with van der Waals surface area (Å²) in [5.74, 6) is 2.85. The van der Waals surface area contributed by atoms with Crippen LogP contribution in [0.1, 0.15) is 18.2 Å². The zero-order valence-electron chi connectivity index (χ0n) is 10.9. The van der Waals surface area contributed by atoms with Gasteiger partial charge in [-0.25, -0.2) is 14.4 Å². The maximum absolute atomic E-state index is 13.1. The van der Waals surface area contributed by atoms with Crippen molar-refractivity contribution in [2.24, 2.45) is 0 Å². The average Bonchev–Trinajstić information content (AvgIpc) is 2.87. The standard InChI is InChI=1S/C14H13ClFN3S/c1-2-17-13-10-6-20-7-12(10)18-14(19-13)9-4-3-8(16)5-11(9)15/h3-5H,2,6-7H2,1H3,(H,17,18,19). The van der Waals surface area contributed by atoms with E-state index >= 15 is 0 Å². The Kier molecular flexibility index (Phi) is 3.81. The molecule has 6 heteroatoms. The maximum atomic E-state index is 13.1. The number of hydrogen-bond donors (Lipinski definition) is 1. The average molecular weight is 310 g/mol. The van der Waals surface area contributed by atoms with Crippen molar-refractivity contribution in [1.82, 2.24) is 9.97 Å². The van der Waals surface area contributed by atoms with Gasteiger partial charge < -0.3 is 5.32 Å². The molecule has 0 radical (unpaired) electrons. The molecule has 3 rings (SSSR count). The molecule has 0 unspecified atom stereocenters. The van der Waals surface area contributed by atoms with E-state index in [2.05, 4.69) is 15.3 Å². The molecule has 0 amide bonds. The monoisotopic (exact) mass is 309 g/mol. The molecular weight excluding hydrogens is 297 g/mol. The molecule has 1 aromatic heterocycles. The number of thioether (sulfide) groups is 1. The lowest BCUT2D eigenvalue weighted by molar-refractivity contribution is 0.628. The molecule has 0 atom stereocenters. The summed E-state index contributed by atoms with van der Waals surface area (Å²) in [6.45, 7) is 2.83. The number of halogens is 2. The summed E-state index contributed by atoms with van der Waals surface area (Å²) >= 11 is 7.92. The van der Waals surface area contributed by atoms with Crippen molar-refractivity contribution >= 4 is 29.2 Å². The van der Waals surface area contributed by atoms with Crippen molar-refractivity contribution in [3.05, 3.63) is 40.3 Å². The van der Waals surface area contributed by atoms with E-state index in [0.29, 0.717) is 16.4 Å². The van der Waals surface area contributed by atoms with Gasteiger partial charge >= 0.3 is 0 Å². The van der Waals surface area contributed by atoms with Crippen molar-refractivity contribution in [3.8, 4) is 11.4 Å². The second-order valence-corrected chi connectivity index (χ2v) is 5.86. The van der Waals surface area contributed by atoms with Gasteiger partial charge in [0.25, 0.3) is 0 Å². The molecule has 2 aromatic rings. The fourth-order valence-electron chi connectivity index (χ4n) is 2.16. The highest BCUT2D eigenvalue weighted by Crippen LogP contribution is 2.35. The normalized spacial score (nSPS) is 13.3. The number of nitrogens with one attached hydrogen (secondary N) is 1. The number of anilines is 1. The fraction of sp³-hybridized carbons (Fsp3) is 0.286. The van der Waals surface area contributed by atoms with Crippen LogP contribution >= 0.6 is 23.4 Å². The third-order valence-corrected chi connectivity index (χ3v) is 4.38. The maximum Gasteiger partial charge on any atom is 0.163 e. The van der Waals surface area contributed by atoms with E-state index in [-0.39, 0.29) is 5.82 Å². The van der Waals surface area contributed by atoms with Gasteiger partial charge in [0.15, 0.2) is 5.82 Å². The molecule has 104 valence electrons. The molecule has 0 aliphatic carbocycles. The summed E-state index contributed by atoms with van der Waals surface area (Å²) in [5.41, 5.74) is 2.86. The first-order chi connectivity index (χ1) is 9.69. The Morgan fingerprint density at radius 3 is 2.95 bits per heavy atom. The summed E-state index contributed by atoms with van der Waals surface area (Å²) < 4.78 is 13.1. The molecule has 1 aliphatic heterocycles. The number of rotatable bonds is 3. The zero-order valence-corrected chi connectivity index (χ0v) is 12.5.